The van der Waals surface area contributed by atoms with E-state index in [-0.39, 0.29) is 5.91 Å². The number of carbonyl (C=O) groups excluding carboxylic acids is 1. The summed E-state index contributed by atoms with van der Waals surface area (Å²) in [5.74, 6) is 0.373. The van der Waals surface area contributed by atoms with Gasteiger partial charge in [-0.2, -0.15) is 0 Å². The van der Waals surface area contributed by atoms with E-state index in [1.165, 1.54) is 0 Å². The van der Waals surface area contributed by atoms with Crippen LogP contribution in [0.3, 0.4) is 0 Å². The van der Waals surface area contributed by atoms with Crippen LogP contribution in [0.1, 0.15) is 23.0 Å². The lowest BCUT2D eigenvalue weighted by Crippen LogP contribution is -2.15. The summed E-state index contributed by atoms with van der Waals surface area (Å²) >= 11 is 3.39. The molecule has 1 aromatic heterocycles. The van der Waals surface area contributed by atoms with Gasteiger partial charge in [-0.3, -0.25) is 4.79 Å². The van der Waals surface area contributed by atoms with Gasteiger partial charge in [-0.25, -0.2) is 4.98 Å². The predicted molar refractivity (Wildman–Crippen MR) is 85.2 cm³/mol. The number of hydrogen-bond donors (Lipinski definition) is 2. The van der Waals surface area contributed by atoms with E-state index in [9.17, 15) is 4.79 Å². The van der Waals surface area contributed by atoms with Gasteiger partial charge >= 0.3 is 0 Å². The van der Waals surface area contributed by atoms with Gasteiger partial charge in [0, 0.05) is 16.7 Å². The Morgan fingerprint density at radius 1 is 1.25 bits per heavy atom. The highest BCUT2D eigenvalue weighted by atomic mass is 79.9. The van der Waals surface area contributed by atoms with Crippen LogP contribution in [0, 0.1) is 6.92 Å². The number of pyridine rings is 1. The summed E-state index contributed by atoms with van der Waals surface area (Å²) in [5.41, 5.74) is 2.26. The fraction of sp³-hybridized carbons (Fsp3) is 0.200. The Morgan fingerprint density at radius 3 is 2.70 bits per heavy atom. The molecule has 2 rings (SSSR count). The van der Waals surface area contributed by atoms with E-state index in [4.69, 9.17) is 0 Å². The molecule has 0 spiro atoms. The van der Waals surface area contributed by atoms with E-state index in [0.717, 1.165) is 22.4 Å². The lowest BCUT2D eigenvalue weighted by atomic mass is 10.1. The first-order chi connectivity index (χ1) is 9.61. The van der Waals surface area contributed by atoms with Crippen molar-refractivity contribution in [1.29, 1.82) is 0 Å². The fourth-order valence-corrected chi connectivity index (χ4v) is 2.04. The molecule has 0 aliphatic rings. The van der Waals surface area contributed by atoms with Gasteiger partial charge in [-0.05, 0) is 54.0 Å². The molecule has 0 aliphatic heterocycles. The maximum absolute atomic E-state index is 12.3. The molecule has 2 aromatic rings. The number of nitrogens with one attached hydrogen (secondary N) is 2. The largest absolute Gasteiger partial charge is 0.385 e. The smallest absolute Gasteiger partial charge is 0.258 e. The summed E-state index contributed by atoms with van der Waals surface area (Å²) in [6.07, 6.45) is 0. The maximum Gasteiger partial charge on any atom is 0.258 e. The molecular formula is C15H16BrN3O. The highest BCUT2D eigenvalue weighted by molar-refractivity contribution is 9.10. The van der Waals surface area contributed by atoms with E-state index in [1.54, 1.807) is 12.1 Å². The van der Waals surface area contributed by atoms with Crippen LogP contribution in [0.25, 0.3) is 0 Å². The quantitative estimate of drug-likeness (QED) is 0.893. The number of aromatic nitrogens is 1. The number of benzene rings is 1. The van der Waals surface area contributed by atoms with Crippen molar-refractivity contribution in [2.75, 3.05) is 17.2 Å². The number of para-hydroxylation sites is 1. The molecule has 0 aliphatic carbocycles. The van der Waals surface area contributed by atoms with Crippen LogP contribution < -0.4 is 10.6 Å². The first kappa shape index (κ1) is 14.5. The number of rotatable bonds is 4. The van der Waals surface area contributed by atoms with Crippen LogP contribution in [0.5, 0.6) is 0 Å². The monoisotopic (exact) mass is 333 g/mol. The average molecular weight is 334 g/mol. The number of nitrogens with zero attached hydrogens (tertiary/aromatic N) is 1. The summed E-state index contributed by atoms with van der Waals surface area (Å²) in [5, 5.41) is 5.99. The van der Waals surface area contributed by atoms with Crippen molar-refractivity contribution in [2.45, 2.75) is 13.8 Å². The molecule has 0 bridgehead atoms. The van der Waals surface area contributed by atoms with E-state index in [2.05, 4.69) is 31.5 Å². The first-order valence-electron chi connectivity index (χ1n) is 6.39. The lowest BCUT2D eigenvalue weighted by molar-refractivity contribution is 0.102. The molecule has 0 saturated carbocycles. The molecule has 1 heterocycles. The average Bonchev–Trinajstić information content (AvgIpc) is 2.44. The molecule has 0 fully saturated rings. The number of anilines is 2. The predicted octanol–water partition coefficient (Wildman–Crippen LogP) is 3.84. The van der Waals surface area contributed by atoms with Crippen molar-refractivity contribution in [1.82, 2.24) is 4.98 Å². The van der Waals surface area contributed by atoms with Gasteiger partial charge in [0.25, 0.3) is 5.91 Å². The zero-order chi connectivity index (χ0) is 14.5. The van der Waals surface area contributed by atoms with E-state index in [0.29, 0.717) is 11.4 Å². The summed E-state index contributed by atoms with van der Waals surface area (Å²) < 4.78 is 0.920. The molecule has 4 nitrogen and oxygen atoms in total. The van der Waals surface area contributed by atoms with Crippen LogP contribution in [-0.2, 0) is 0 Å². The molecule has 0 atom stereocenters. The molecular weight excluding hydrogens is 318 g/mol. The van der Waals surface area contributed by atoms with E-state index in [1.807, 2.05) is 38.1 Å². The first-order valence-corrected chi connectivity index (χ1v) is 7.18. The molecule has 104 valence electrons. The van der Waals surface area contributed by atoms with Crippen molar-refractivity contribution in [3.05, 3.63) is 52.1 Å². The summed E-state index contributed by atoms with van der Waals surface area (Å²) in [6, 6.07) is 11.1. The standard InChI is InChI=1S/C15H16BrN3O/c1-3-17-13-7-5-4-6-11(13)15(20)19-14-9-8-12(16)10(2)18-14/h4-9,17H,3H2,1-2H3,(H,18,19,20). The highest BCUT2D eigenvalue weighted by Gasteiger charge is 2.11. The van der Waals surface area contributed by atoms with E-state index < -0.39 is 0 Å². The summed E-state index contributed by atoms with van der Waals surface area (Å²) in [4.78, 5) is 16.6. The van der Waals surface area contributed by atoms with Gasteiger partial charge in [0.1, 0.15) is 5.82 Å². The Bertz CT molecular complexity index is 628. The van der Waals surface area contributed by atoms with Crippen molar-refractivity contribution >= 4 is 33.3 Å². The molecule has 5 heteroatoms. The number of aryl methyl sites for hydroxylation is 1. The highest BCUT2D eigenvalue weighted by Crippen LogP contribution is 2.19. The molecule has 0 radical (unpaired) electrons. The SMILES string of the molecule is CCNc1ccccc1C(=O)Nc1ccc(Br)c(C)n1. The van der Waals surface area contributed by atoms with Crippen LogP contribution in [0.4, 0.5) is 11.5 Å². The van der Waals surface area contributed by atoms with Gasteiger partial charge in [-0.1, -0.05) is 12.1 Å². The zero-order valence-corrected chi connectivity index (χ0v) is 13.0. The second-order valence-electron chi connectivity index (χ2n) is 4.29. The normalized spacial score (nSPS) is 10.2. The van der Waals surface area contributed by atoms with Crippen molar-refractivity contribution < 1.29 is 4.79 Å². The maximum atomic E-state index is 12.3. The molecule has 0 unspecified atom stereocenters. The second kappa shape index (κ2) is 6.52. The topological polar surface area (TPSA) is 54.0 Å². The Labute approximate surface area is 126 Å². The molecule has 1 amide bonds. The lowest BCUT2D eigenvalue weighted by Gasteiger charge is -2.11. The van der Waals surface area contributed by atoms with Crippen LogP contribution in [0.2, 0.25) is 0 Å². The Kier molecular flexibility index (Phi) is 4.74. The zero-order valence-electron chi connectivity index (χ0n) is 11.4. The molecule has 1 aromatic carbocycles. The summed E-state index contributed by atoms with van der Waals surface area (Å²) in [7, 11) is 0. The van der Waals surface area contributed by atoms with Crippen molar-refractivity contribution in [3.63, 3.8) is 0 Å². The third kappa shape index (κ3) is 3.36. The van der Waals surface area contributed by atoms with Gasteiger partial charge in [-0.15, -0.1) is 0 Å². The van der Waals surface area contributed by atoms with E-state index >= 15 is 0 Å². The third-order valence-corrected chi connectivity index (χ3v) is 3.64. The number of halogens is 1. The minimum Gasteiger partial charge on any atom is -0.385 e. The number of amides is 1. The Hall–Kier alpha value is -1.88. The van der Waals surface area contributed by atoms with Gasteiger partial charge < -0.3 is 10.6 Å². The minimum atomic E-state index is -0.171. The number of hydrogen-bond acceptors (Lipinski definition) is 3. The van der Waals surface area contributed by atoms with Crippen LogP contribution >= 0.6 is 15.9 Å². The second-order valence-corrected chi connectivity index (χ2v) is 5.15. The fourth-order valence-electron chi connectivity index (χ4n) is 1.82. The minimum absolute atomic E-state index is 0.171. The summed E-state index contributed by atoms with van der Waals surface area (Å²) in [6.45, 7) is 4.64. The Balaban J connectivity index is 2.21. The van der Waals surface area contributed by atoms with Gasteiger partial charge in [0.2, 0.25) is 0 Å². The molecule has 0 saturated heterocycles. The van der Waals surface area contributed by atoms with Gasteiger partial charge in [0.15, 0.2) is 0 Å². The number of carbonyl (C=O) groups is 1. The molecule has 20 heavy (non-hydrogen) atoms. The van der Waals surface area contributed by atoms with Gasteiger partial charge in [0.05, 0.1) is 11.3 Å². The third-order valence-electron chi connectivity index (χ3n) is 2.80. The Morgan fingerprint density at radius 2 is 2.00 bits per heavy atom. The van der Waals surface area contributed by atoms with Crippen molar-refractivity contribution in [3.8, 4) is 0 Å². The molecule has 2 N–H and O–H groups in total. The van der Waals surface area contributed by atoms with Crippen LogP contribution in [0.15, 0.2) is 40.9 Å². The van der Waals surface area contributed by atoms with Crippen molar-refractivity contribution in [2.24, 2.45) is 0 Å². The van der Waals surface area contributed by atoms with Crippen LogP contribution in [-0.4, -0.2) is 17.4 Å².